The predicted molar refractivity (Wildman–Crippen MR) is 49.9 cm³/mol. The molecule has 0 aliphatic carbocycles. The minimum Gasteiger partial charge on any atom is -0.493 e. The van der Waals surface area contributed by atoms with E-state index in [1.54, 1.807) is 0 Å². The van der Waals surface area contributed by atoms with Crippen LogP contribution in [0.5, 0.6) is 5.75 Å². The van der Waals surface area contributed by atoms with Crippen LogP contribution in [0.2, 0.25) is 0 Å². The van der Waals surface area contributed by atoms with E-state index < -0.39 is 0 Å². The van der Waals surface area contributed by atoms with Crippen molar-refractivity contribution in [2.24, 2.45) is 0 Å². The minimum absolute atomic E-state index is 0.532. The van der Waals surface area contributed by atoms with Crippen molar-refractivity contribution < 1.29 is 4.74 Å². The smallest absolute Gasteiger partial charge is 0.123 e. The lowest BCUT2D eigenvalue weighted by Crippen LogP contribution is -1.93. The quantitative estimate of drug-likeness (QED) is 0.607. The molecule has 12 heavy (non-hydrogen) atoms. The van der Waals surface area contributed by atoms with Crippen molar-refractivity contribution in [3.63, 3.8) is 0 Å². The fourth-order valence-corrected chi connectivity index (χ4v) is 1.66. The van der Waals surface area contributed by atoms with Gasteiger partial charge in [-0.2, -0.15) is 0 Å². The molecule has 1 aromatic rings. The maximum absolute atomic E-state index is 5.71. The highest BCUT2D eigenvalue weighted by Gasteiger charge is 2.19. The predicted octanol–water partition coefficient (Wildman–Crippen LogP) is 2.92. The van der Waals surface area contributed by atoms with Crippen LogP contribution in [0.25, 0.3) is 0 Å². The van der Waals surface area contributed by atoms with E-state index in [4.69, 9.17) is 16.3 Å². The third-order valence-electron chi connectivity index (χ3n) is 2.25. The normalized spacial score (nSPS) is 20.3. The Kier molecular flexibility index (Phi) is 1.97. The van der Waals surface area contributed by atoms with E-state index in [9.17, 15) is 0 Å². The second-order valence-electron chi connectivity index (χ2n) is 3.22. The van der Waals surface area contributed by atoms with Gasteiger partial charge in [-0.15, -0.1) is 11.6 Å². The molecule has 1 unspecified atom stereocenters. The summed E-state index contributed by atoms with van der Waals surface area (Å²) < 4.78 is 5.49. The largest absolute Gasteiger partial charge is 0.493 e. The SMILES string of the molecule is CC1COc2cc(CCl)ccc21. The summed E-state index contributed by atoms with van der Waals surface area (Å²) in [7, 11) is 0. The van der Waals surface area contributed by atoms with Crippen LogP contribution in [0.1, 0.15) is 24.0 Å². The average molecular weight is 183 g/mol. The van der Waals surface area contributed by atoms with E-state index in [1.165, 1.54) is 5.56 Å². The topological polar surface area (TPSA) is 9.23 Å². The lowest BCUT2D eigenvalue weighted by Gasteiger charge is -2.01. The first-order chi connectivity index (χ1) is 5.81. The Bertz CT molecular complexity index is 296. The van der Waals surface area contributed by atoms with E-state index in [0.29, 0.717) is 11.8 Å². The highest BCUT2D eigenvalue weighted by molar-refractivity contribution is 6.17. The molecule has 1 aliphatic heterocycles. The molecule has 2 rings (SSSR count). The summed E-state index contributed by atoms with van der Waals surface area (Å²) in [5, 5.41) is 0. The van der Waals surface area contributed by atoms with Gasteiger partial charge in [0.25, 0.3) is 0 Å². The third kappa shape index (κ3) is 1.18. The first kappa shape index (κ1) is 7.93. The first-order valence-electron chi connectivity index (χ1n) is 4.13. The Morgan fingerprint density at radius 1 is 1.58 bits per heavy atom. The van der Waals surface area contributed by atoms with Crippen LogP contribution >= 0.6 is 11.6 Å². The number of alkyl halides is 1. The first-order valence-corrected chi connectivity index (χ1v) is 4.66. The molecule has 0 spiro atoms. The van der Waals surface area contributed by atoms with Gasteiger partial charge in [0, 0.05) is 17.4 Å². The van der Waals surface area contributed by atoms with Crippen molar-refractivity contribution in [3.8, 4) is 5.75 Å². The molecule has 1 heterocycles. The van der Waals surface area contributed by atoms with Crippen LogP contribution in [-0.4, -0.2) is 6.61 Å². The summed E-state index contributed by atoms with van der Waals surface area (Å²) in [6.07, 6.45) is 0. The monoisotopic (exact) mass is 182 g/mol. The number of benzene rings is 1. The molecule has 0 N–H and O–H groups in total. The molecular weight excluding hydrogens is 172 g/mol. The van der Waals surface area contributed by atoms with Crippen molar-refractivity contribution in [2.75, 3.05) is 6.61 Å². The van der Waals surface area contributed by atoms with Gasteiger partial charge in [0.05, 0.1) is 6.61 Å². The summed E-state index contributed by atoms with van der Waals surface area (Å²) in [6, 6.07) is 6.22. The molecule has 1 aliphatic rings. The van der Waals surface area contributed by atoms with E-state index in [0.717, 1.165) is 17.9 Å². The molecular formula is C10H11ClO. The van der Waals surface area contributed by atoms with Gasteiger partial charge in [-0.1, -0.05) is 19.1 Å². The van der Waals surface area contributed by atoms with Crippen molar-refractivity contribution in [3.05, 3.63) is 29.3 Å². The number of hydrogen-bond acceptors (Lipinski definition) is 1. The maximum Gasteiger partial charge on any atom is 0.123 e. The van der Waals surface area contributed by atoms with Crippen molar-refractivity contribution in [1.29, 1.82) is 0 Å². The second-order valence-corrected chi connectivity index (χ2v) is 3.49. The fourth-order valence-electron chi connectivity index (χ4n) is 1.50. The molecule has 0 saturated heterocycles. The summed E-state index contributed by atoms with van der Waals surface area (Å²) in [5.41, 5.74) is 2.44. The zero-order valence-corrected chi connectivity index (χ0v) is 7.77. The molecule has 64 valence electrons. The van der Waals surface area contributed by atoms with Gasteiger partial charge in [-0.25, -0.2) is 0 Å². The zero-order valence-electron chi connectivity index (χ0n) is 7.01. The number of halogens is 1. The summed E-state index contributed by atoms with van der Waals surface area (Å²) in [5.74, 6) is 2.11. The number of rotatable bonds is 1. The highest BCUT2D eigenvalue weighted by Crippen LogP contribution is 2.34. The molecule has 2 heteroatoms. The molecule has 0 amide bonds. The second kappa shape index (κ2) is 2.98. The molecule has 1 nitrogen and oxygen atoms in total. The van der Waals surface area contributed by atoms with E-state index in [2.05, 4.69) is 19.1 Å². The molecule has 0 aromatic heterocycles. The number of fused-ring (bicyclic) bond motifs is 1. The van der Waals surface area contributed by atoms with Gasteiger partial charge < -0.3 is 4.74 Å². The van der Waals surface area contributed by atoms with Gasteiger partial charge in [0.15, 0.2) is 0 Å². The molecule has 1 aromatic carbocycles. The number of hydrogen-bond donors (Lipinski definition) is 0. The molecule has 1 atom stereocenters. The van der Waals surface area contributed by atoms with Crippen LogP contribution in [0.15, 0.2) is 18.2 Å². The zero-order chi connectivity index (χ0) is 8.55. The highest BCUT2D eigenvalue weighted by atomic mass is 35.5. The van der Waals surface area contributed by atoms with E-state index in [1.807, 2.05) is 6.07 Å². The lowest BCUT2D eigenvalue weighted by molar-refractivity contribution is 0.337. The van der Waals surface area contributed by atoms with Crippen molar-refractivity contribution in [2.45, 2.75) is 18.7 Å². The van der Waals surface area contributed by atoms with Crippen LogP contribution in [0.4, 0.5) is 0 Å². The number of ether oxygens (including phenoxy) is 1. The molecule has 0 radical (unpaired) electrons. The van der Waals surface area contributed by atoms with Crippen LogP contribution in [0.3, 0.4) is 0 Å². The average Bonchev–Trinajstić information content (AvgIpc) is 2.47. The van der Waals surface area contributed by atoms with Gasteiger partial charge in [-0.3, -0.25) is 0 Å². The van der Waals surface area contributed by atoms with E-state index in [-0.39, 0.29) is 0 Å². The Morgan fingerprint density at radius 3 is 3.17 bits per heavy atom. The van der Waals surface area contributed by atoms with Crippen LogP contribution in [-0.2, 0) is 5.88 Å². The third-order valence-corrected chi connectivity index (χ3v) is 2.56. The molecule has 0 saturated carbocycles. The van der Waals surface area contributed by atoms with Crippen molar-refractivity contribution >= 4 is 11.6 Å². The van der Waals surface area contributed by atoms with Gasteiger partial charge in [0.1, 0.15) is 5.75 Å². The standard InChI is InChI=1S/C10H11ClO/c1-7-6-12-10-4-8(5-11)2-3-9(7)10/h2-4,7H,5-6H2,1H3. The summed E-state index contributed by atoms with van der Waals surface area (Å²) >= 11 is 5.71. The van der Waals surface area contributed by atoms with Crippen molar-refractivity contribution in [1.82, 2.24) is 0 Å². The summed E-state index contributed by atoms with van der Waals surface area (Å²) in [4.78, 5) is 0. The fraction of sp³-hybridized carbons (Fsp3) is 0.400. The summed E-state index contributed by atoms with van der Waals surface area (Å²) in [6.45, 7) is 2.98. The van der Waals surface area contributed by atoms with Crippen LogP contribution < -0.4 is 4.74 Å². The molecule has 0 fully saturated rings. The minimum atomic E-state index is 0.532. The van der Waals surface area contributed by atoms with Gasteiger partial charge in [0.2, 0.25) is 0 Å². The van der Waals surface area contributed by atoms with Gasteiger partial charge in [-0.05, 0) is 11.6 Å². The Balaban J connectivity index is 2.41. The Labute approximate surface area is 77.3 Å². The van der Waals surface area contributed by atoms with Crippen LogP contribution in [0, 0.1) is 0 Å². The molecule has 0 bridgehead atoms. The Hall–Kier alpha value is -0.690. The lowest BCUT2D eigenvalue weighted by atomic mass is 10.0. The maximum atomic E-state index is 5.71. The van der Waals surface area contributed by atoms with Gasteiger partial charge >= 0.3 is 0 Å². The van der Waals surface area contributed by atoms with E-state index >= 15 is 0 Å². The Morgan fingerprint density at radius 2 is 2.42 bits per heavy atom.